The molecular weight excluding hydrogens is 342 g/mol. The van der Waals surface area contributed by atoms with E-state index in [0.29, 0.717) is 24.9 Å². The summed E-state index contributed by atoms with van der Waals surface area (Å²) in [5.74, 6) is 4.13. The molecule has 1 unspecified atom stereocenters. The monoisotopic (exact) mass is 364 g/mol. The zero-order chi connectivity index (χ0) is 18.2. The van der Waals surface area contributed by atoms with E-state index in [0.717, 1.165) is 28.1 Å². The highest BCUT2D eigenvalue weighted by Gasteiger charge is 2.32. The molecule has 0 bridgehead atoms. The number of nitrogens with zero attached hydrogens (tertiary/aromatic N) is 4. The summed E-state index contributed by atoms with van der Waals surface area (Å²) in [5, 5.41) is 11.0. The van der Waals surface area contributed by atoms with Crippen molar-refractivity contribution in [2.45, 2.75) is 25.7 Å². The van der Waals surface area contributed by atoms with E-state index < -0.39 is 0 Å². The van der Waals surface area contributed by atoms with Crippen LogP contribution in [0.25, 0.3) is 0 Å². The predicted octanol–water partition coefficient (Wildman–Crippen LogP) is 1.58. The van der Waals surface area contributed by atoms with E-state index in [-0.39, 0.29) is 0 Å². The molecule has 1 fully saturated rings. The van der Waals surface area contributed by atoms with Crippen molar-refractivity contribution in [3.8, 4) is 5.88 Å². The predicted molar refractivity (Wildman–Crippen MR) is 103 cm³/mol. The first-order valence-corrected chi connectivity index (χ1v) is 9.30. The molecule has 4 heterocycles. The standard InChI is InChI=1S/C19H21N7O/c1-2-27-19-9-14(5-6-21-19)25-11-17-20-7-8-26(17)18(12-25)22-16-10-15(23-24-16)13-3-4-13/h5-10,12-13H,2-4,11H2,1H3,(H2,22,23,24)/p+1. The van der Waals surface area contributed by atoms with Crippen LogP contribution in [0.4, 0.5) is 11.5 Å². The van der Waals surface area contributed by atoms with E-state index in [2.05, 4.69) is 42.7 Å². The number of amidine groups is 1. The highest BCUT2D eigenvalue weighted by Crippen LogP contribution is 2.39. The number of nitrogens with one attached hydrogen (secondary N) is 3. The van der Waals surface area contributed by atoms with Crippen LogP contribution < -0.4 is 19.9 Å². The number of aromatic amines is 1. The van der Waals surface area contributed by atoms with E-state index in [9.17, 15) is 0 Å². The normalized spacial score (nSPS) is 20.9. The number of anilines is 2. The number of aromatic nitrogens is 3. The lowest BCUT2D eigenvalue weighted by atomic mass is 10.3. The highest BCUT2D eigenvalue weighted by atomic mass is 16.5. The fraction of sp³-hybridized carbons (Fsp3) is 0.316. The van der Waals surface area contributed by atoms with Crippen LogP contribution in [-0.2, 0) is 0 Å². The Labute approximate surface area is 157 Å². The van der Waals surface area contributed by atoms with Crippen molar-refractivity contribution in [2.24, 2.45) is 4.99 Å². The molecule has 0 amide bonds. The number of aliphatic imine (C=N–C) groups is 1. The Balaban J connectivity index is 1.43. The molecule has 2 aliphatic heterocycles. The maximum atomic E-state index is 5.54. The van der Waals surface area contributed by atoms with Crippen LogP contribution in [0.1, 0.15) is 31.4 Å². The van der Waals surface area contributed by atoms with Gasteiger partial charge in [0.25, 0.3) is 0 Å². The smallest absolute Gasteiger partial charge is 0.232 e. The number of rotatable bonds is 6. The molecule has 0 radical (unpaired) electrons. The van der Waals surface area contributed by atoms with Crippen LogP contribution in [-0.4, -0.2) is 34.2 Å². The minimum atomic E-state index is 0.593. The Hall–Kier alpha value is -3.13. The Kier molecular flexibility index (Phi) is 3.90. The topological polar surface area (TPSA) is 82.9 Å². The summed E-state index contributed by atoms with van der Waals surface area (Å²) in [4.78, 5) is 12.0. The van der Waals surface area contributed by atoms with Crippen molar-refractivity contribution in [2.75, 3.05) is 23.4 Å². The first-order chi connectivity index (χ1) is 13.3. The van der Waals surface area contributed by atoms with Crippen molar-refractivity contribution in [3.63, 3.8) is 0 Å². The second kappa shape index (κ2) is 6.55. The zero-order valence-corrected chi connectivity index (χ0v) is 15.1. The molecule has 138 valence electrons. The fourth-order valence-corrected chi connectivity index (χ4v) is 3.38. The maximum Gasteiger partial charge on any atom is 0.232 e. The van der Waals surface area contributed by atoms with Gasteiger partial charge in [-0.3, -0.25) is 10.4 Å². The third kappa shape index (κ3) is 3.19. The summed E-state index contributed by atoms with van der Waals surface area (Å²) < 4.78 is 5.54. The number of H-pyrrole nitrogens is 1. The van der Waals surface area contributed by atoms with Crippen LogP contribution in [0.3, 0.4) is 0 Å². The van der Waals surface area contributed by atoms with Gasteiger partial charge in [-0.05, 0) is 25.8 Å². The minimum Gasteiger partial charge on any atom is -0.478 e. The number of pyridine rings is 1. The van der Waals surface area contributed by atoms with Gasteiger partial charge >= 0.3 is 0 Å². The molecule has 0 saturated heterocycles. The van der Waals surface area contributed by atoms with Crippen LogP contribution in [0.5, 0.6) is 5.88 Å². The molecule has 5 rings (SSSR count). The van der Waals surface area contributed by atoms with Gasteiger partial charge in [0.15, 0.2) is 5.82 Å². The summed E-state index contributed by atoms with van der Waals surface area (Å²) >= 11 is 0. The second-order valence-corrected chi connectivity index (χ2v) is 6.87. The van der Waals surface area contributed by atoms with E-state index in [1.54, 1.807) is 6.20 Å². The van der Waals surface area contributed by atoms with Crippen molar-refractivity contribution >= 4 is 17.3 Å². The first kappa shape index (κ1) is 16.1. The van der Waals surface area contributed by atoms with Gasteiger partial charge in [0.1, 0.15) is 12.7 Å². The SMILES string of the molecule is CCOc1cc(N2C=C(Nc3cc(C4CC4)[nH]n3)[NH+]3C=CN=C3C2)ccn1. The third-order valence-electron chi connectivity index (χ3n) is 4.90. The average Bonchev–Trinajstić information content (AvgIpc) is 3.23. The molecule has 1 saturated carbocycles. The molecule has 3 N–H and O–H groups in total. The van der Waals surface area contributed by atoms with Crippen molar-refractivity contribution in [3.05, 3.63) is 54.5 Å². The van der Waals surface area contributed by atoms with E-state index in [1.807, 2.05) is 31.5 Å². The molecule has 2 aromatic heterocycles. The lowest BCUT2D eigenvalue weighted by Gasteiger charge is -2.28. The Morgan fingerprint density at radius 3 is 3.15 bits per heavy atom. The van der Waals surface area contributed by atoms with Crippen LogP contribution >= 0.6 is 0 Å². The van der Waals surface area contributed by atoms with Crippen LogP contribution in [0.15, 0.2) is 53.8 Å². The van der Waals surface area contributed by atoms with E-state index in [4.69, 9.17) is 4.74 Å². The molecule has 2 aromatic rings. The highest BCUT2D eigenvalue weighted by molar-refractivity contribution is 5.84. The third-order valence-corrected chi connectivity index (χ3v) is 4.90. The Morgan fingerprint density at radius 1 is 1.37 bits per heavy atom. The molecule has 0 spiro atoms. The summed E-state index contributed by atoms with van der Waals surface area (Å²) in [6.07, 6.45) is 10.3. The number of hydrogen-bond donors (Lipinski definition) is 3. The first-order valence-electron chi connectivity index (χ1n) is 9.30. The molecule has 0 aromatic carbocycles. The maximum absolute atomic E-state index is 5.54. The number of quaternary nitrogens is 1. The molecule has 27 heavy (non-hydrogen) atoms. The van der Waals surface area contributed by atoms with Crippen molar-refractivity contribution < 1.29 is 9.64 Å². The molecular formula is C19H22N7O+. The zero-order valence-electron chi connectivity index (χ0n) is 15.1. The summed E-state index contributed by atoms with van der Waals surface area (Å²) in [5.41, 5.74) is 2.23. The second-order valence-electron chi connectivity index (χ2n) is 6.87. The molecule has 3 aliphatic rings. The van der Waals surface area contributed by atoms with Gasteiger partial charge in [0.2, 0.25) is 17.5 Å². The van der Waals surface area contributed by atoms with E-state index >= 15 is 0 Å². The minimum absolute atomic E-state index is 0.593. The van der Waals surface area contributed by atoms with Crippen LogP contribution in [0.2, 0.25) is 0 Å². The summed E-state index contributed by atoms with van der Waals surface area (Å²) in [6.45, 7) is 3.25. The fourth-order valence-electron chi connectivity index (χ4n) is 3.38. The molecule has 8 heteroatoms. The molecule has 8 nitrogen and oxygen atoms in total. The van der Waals surface area contributed by atoms with Gasteiger partial charge in [0, 0.05) is 35.6 Å². The van der Waals surface area contributed by atoms with Crippen molar-refractivity contribution in [1.82, 2.24) is 15.2 Å². The average molecular weight is 364 g/mol. The van der Waals surface area contributed by atoms with Gasteiger partial charge in [-0.2, -0.15) is 5.10 Å². The molecule has 1 atom stereocenters. The van der Waals surface area contributed by atoms with Gasteiger partial charge in [0.05, 0.1) is 19.0 Å². The summed E-state index contributed by atoms with van der Waals surface area (Å²) in [6, 6.07) is 6.03. The number of fused-ring (bicyclic) bond motifs is 1. The number of hydrogen-bond acceptors (Lipinski definition) is 6. The quantitative estimate of drug-likeness (QED) is 0.725. The van der Waals surface area contributed by atoms with E-state index in [1.165, 1.54) is 18.5 Å². The van der Waals surface area contributed by atoms with Gasteiger partial charge < -0.3 is 9.64 Å². The van der Waals surface area contributed by atoms with Gasteiger partial charge in [-0.25, -0.2) is 14.9 Å². The van der Waals surface area contributed by atoms with Crippen molar-refractivity contribution in [1.29, 1.82) is 0 Å². The Bertz CT molecular complexity index is 941. The largest absolute Gasteiger partial charge is 0.478 e. The Morgan fingerprint density at radius 2 is 2.30 bits per heavy atom. The molecule has 1 aliphatic carbocycles. The summed E-state index contributed by atoms with van der Waals surface area (Å²) in [7, 11) is 0. The lowest BCUT2D eigenvalue weighted by molar-refractivity contribution is -0.698. The van der Waals surface area contributed by atoms with Gasteiger partial charge in [-0.1, -0.05) is 0 Å². The lowest BCUT2D eigenvalue weighted by Crippen LogP contribution is -3.10. The van der Waals surface area contributed by atoms with Crippen LogP contribution in [0, 0.1) is 0 Å². The van der Waals surface area contributed by atoms with Gasteiger partial charge in [-0.15, -0.1) is 0 Å². The number of ether oxygens (including phenoxy) is 1.